The highest BCUT2D eigenvalue weighted by Gasteiger charge is 2.12. The van der Waals surface area contributed by atoms with Crippen molar-refractivity contribution in [3.05, 3.63) is 58.6 Å². The fraction of sp³-hybridized carbons (Fsp3) is 0.286. The molecule has 2 aromatic carbocycles. The third kappa shape index (κ3) is 7.04. The zero-order chi connectivity index (χ0) is 20.5. The van der Waals surface area contributed by atoms with E-state index in [-0.39, 0.29) is 0 Å². The number of rotatable bonds is 7. The molecule has 2 amide bonds. The van der Waals surface area contributed by atoms with Crippen molar-refractivity contribution in [2.24, 2.45) is 11.0 Å². The smallest absolute Gasteiger partial charge is 0.329 e. The Morgan fingerprint density at radius 3 is 2.50 bits per heavy atom. The van der Waals surface area contributed by atoms with E-state index >= 15 is 0 Å². The summed E-state index contributed by atoms with van der Waals surface area (Å²) in [5.74, 6) is -1.07. The van der Waals surface area contributed by atoms with Crippen LogP contribution >= 0.6 is 11.6 Å². The Bertz CT molecular complexity index is 848. The average Bonchev–Trinajstić information content (AvgIpc) is 2.65. The van der Waals surface area contributed by atoms with E-state index in [4.69, 9.17) is 11.6 Å². The van der Waals surface area contributed by atoms with Crippen LogP contribution in [-0.2, 0) is 9.59 Å². The summed E-state index contributed by atoms with van der Waals surface area (Å²) in [6.45, 7) is 6.56. The molecule has 28 heavy (non-hydrogen) atoms. The first-order valence-electron chi connectivity index (χ1n) is 9.09. The molecule has 2 rings (SSSR count). The summed E-state index contributed by atoms with van der Waals surface area (Å²) in [4.78, 5) is 23.5. The van der Waals surface area contributed by atoms with E-state index in [0.717, 1.165) is 23.4 Å². The van der Waals surface area contributed by atoms with Crippen LogP contribution in [0.2, 0.25) is 5.02 Å². The van der Waals surface area contributed by atoms with E-state index in [2.05, 4.69) is 21.2 Å². The molecular weight excluding hydrogens is 376 g/mol. The lowest BCUT2D eigenvalue weighted by Gasteiger charge is -2.10. The fourth-order valence-corrected chi connectivity index (χ4v) is 2.49. The molecule has 0 saturated carbocycles. The average molecular weight is 401 g/mol. The molecule has 0 fully saturated rings. The molecule has 0 aliphatic heterocycles. The van der Waals surface area contributed by atoms with Crippen molar-refractivity contribution in [2.45, 2.75) is 27.2 Å². The summed E-state index contributed by atoms with van der Waals surface area (Å²) >= 11 is 6.07. The van der Waals surface area contributed by atoms with E-state index in [1.165, 1.54) is 6.21 Å². The summed E-state index contributed by atoms with van der Waals surface area (Å²) in [6.07, 6.45) is 2.25. The highest BCUT2D eigenvalue weighted by atomic mass is 35.5. The molecule has 0 heterocycles. The Morgan fingerprint density at radius 1 is 1.11 bits per heavy atom. The number of hydrogen-bond donors (Lipinski definition) is 3. The van der Waals surface area contributed by atoms with Crippen molar-refractivity contribution in [3.63, 3.8) is 0 Å². The van der Waals surface area contributed by atoms with Crippen LogP contribution in [0.25, 0.3) is 0 Å². The summed E-state index contributed by atoms with van der Waals surface area (Å²) in [7, 11) is 0. The largest absolute Gasteiger partial charge is 0.355 e. The van der Waals surface area contributed by atoms with Gasteiger partial charge in [-0.3, -0.25) is 9.59 Å². The fourth-order valence-electron chi connectivity index (χ4n) is 2.31. The zero-order valence-electron chi connectivity index (χ0n) is 16.3. The number of aryl methyl sites for hydroxylation is 1. The van der Waals surface area contributed by atoms with Gasteiger partial charge in [0.15, 0.2) is 0 Å². The van der Waals surface area contributed by atoms with Crippen molar-refractivity contribution in [2.75, 3.05) is 11.9 Å². The normalized spacial score (nSPS) is 10.9. The number of hydrogen-bond acceptors (Lipinski definition) is 4. The minimum atomic E-state index is -0.810. The highest BCUT2D eigenvalue weighted by Crippen LogP contribution is 2.23. The van der Waals surface area contributed by atoms with Gasteiger partial charge >= 0.3 is 11.8 Å². The highest BCUT2D eigenvalue weighted by molar-refractivity contribution is 6.35. The molecule has 0 spiro atoms. The van der Waals surface area contributed by atoms with Gasteiger partial charge in [-0.2, -0.15) is 5.10 Å². The van der Waals surface area contributed by atoms with Gasteiger partial charge in [0.2, 0.25) is 0 Å². The maximum atomic E-state index is 11.8. The third-order valence-corrected chi connectivity index (χ3v) is 4.16. The predicted octanol–water partition coefficient (Wildman–Crippen LogP) is 4.00. The maximum absolute atomic E-state index is 11.8. The van der Waals surface area contributed by atoms with E-state index in [1.807, 2.05) is 51.1 Å². The third-order valence-electron chi connectivity index (χ3n) is 3.93. The van der Waals surface area contributed by atoms with Crippen LogP contribution in [-0.4, -0.2) is 24.6 Å². The van der Waals surface area contributed by atoms with Gasteiger partial charge in [-0.05, 0) is 49.6 Å². The number of anilines is 2. The molecule has 0 aliphatic rings. The maximum Gasteiger partial charge on any atom is 0.329 e. The Morgan fingerprint density at radius 2 is 1.82 bits per heavy atom. The number of halogens is 1. The Labute approximate surface area is 170 Å². The summed E-state index contributed by atoms with van der Waals surface area (Å²) in [6, 6.07) is 13.2. The van der Waals surface area contributed by atoms with Crippen molar-refractivity contribution in [1.29, 1.82) is 0 Å². The number of hydrazone groups is 1. The van der Waals surface area contributed by atoms with Crippen molar-refractivity contribution in [3.8, 4) is 0 Å². The second-order valence-corrected chi connectivity index (χ2v) is 7.30. The lowest BCUT2D eigenvalue weighted by Crippen LogP contribution is -2.38. The molecule has 3 N–H and O–H groups in total. The molecule has 7 heteroatoms. The van der Waals surface area contributed by atoms with Crippen LogP contribution < -0.4 is 16.1 Å². The first-order chi connectivity index (χ1) is 13.3. The van der Waals surface area contributed by atoms with Crippen molar-refractivity contribution < 1.29 is 9.59 Å². The van der Waals surface area contributed by atoms with Gasteiger partial charge < -0.3 is 10.6 Å². The number of nitrogens with zero attached hydrogens (tertiary/aromatic N) is 1. The number of benzene rings is 2. The molecule has 0 atom stereocenters. The molecule has 0 unspecified atom stereocenters. The Balaban J connectivity index is 2.00. The minimum Gasteiger partial charge on any atom is -0.355 e. The monoisotopic (exact) mass is 400 g/mol. The minimum absolute atomic E-state index is 0.448. The number of nitrogens with one attached hydrogen (secondary N) is 3. The molecule has 0 saturated heterocycles. The van der Waals surface area contributed by atoms with Crippen molar-refractivity contribution >= 4 is 41.0 Å². The van der Waals surface area contributed by atoms with Crippen LogP contribution in [0.3, 0.4) is 0 Å². The van der Waals surface area contributed by atoms with Crippen LogP contribution in [0.15, 0.2) is 47.6 Å². The Kier molecular flexibility index (Phi) is 8.02. The topological polar surface area (TPSA) is 82.6 Å². The quantitative estimate of drug-likeness (QED) is 0.373. The second-order valence-electron chi connectivity index (χ2n) is 6.86. The molecule has 0 radical (unpaired) electrons. The van der Waals surface area contributed by atoms with Crippen LogP contribution in [0, 0.1) is 12.8 Å². The van der Waals surface area contributed by atoms with Gasteiger partial charge in [0.1, 0.15) is 0 Å². The summed E-state index contributed by atoms with van der Waals surface area (Å²) in [5.41, 5.74) is 5.76. The van der Waals surface area contributed by atoms with E-state index in [1.54, 1.807) is 12.1 Å². The molecule has 148 valence electrons. The molecule has 0 bridgehead atoms. The SMILES string of the molecule is Cc1ccc(Nc2ccc(Cl)cc2/C=N\NC(=O)C(=O)NCCC(C)C)cc1. The number of carbonyl (C=O) groups excluding carboxylic acids is 2. The first kappa shape index (κ1) is 21.4. The van der Waals surface area contributed by atoms with Gasteiger partial charge in [-0.1, -0.05) is 43.1 Å². The number of amides is 2. The van der Waals surface area contributed by atoms with Crippen LogP contribution in [0.1, 0.15) is 31.4 Å². The van der Waals surface area contributed by atoms with Gasteiger partial charge in [0, 0.05) is 28.5 Å². The van der Waals surface area contributed by atoms with Crippen LogP contribution in [0.5, 0.6) is 0 Å². The number of carbonyl (C=O) groups is 2. The van der Waals surface area contributed by atoms with E-state index in [0.29, 0.717) is 23.0 Å². The van der Waals surface area contributed by atoms with Gasteiger partial charge in [-0.25, -0.2) is 5.43 Å². The predicted molar refractivity (Wildman–Crippen MR) is 114 cm³/mol. The van der Waals surface area contributed by atoms with Crippen LogP contribution in [0.4, 0.5) is 11.4 Å². The van der Waals surface area contributed by atoms with Gasteiger partial charge in [0.25, 0.3) is 0 Å². The van der Waals surface area contributed by atoms with E-state index in [9.17, 15) is 9.59 Å². The molecule has 6 nitrogen and oxygen atoms in total. The Hall–Kier alpha value is -2.86. The summed E-state index contributed by atoms with van der Waals surface area (Å²) < 4.78 is 0. The lowest BCUT2D eigenvalue weighted by atomic mass is 10.1. The standard InChI is InChI=1S/C21H25ClN4O2/c1-14(2)10-11-23-20(27)21(28)26-24-13-16-12-17(22)6-9-19(16)25-18-7-4-15(3)5-8-18/h4-9,12-14,25H,10-11H2,1-3H3,(H,23,27)(H,26,28)/b24-13-. The molecule has 0 aromatic heterocycles. The molecule has 2 aromatic rings. The molecular formula is C21H25ClN4O2. The second kappa shape index (κ2) is 10.5. The zero-order valence-corrected chi connectivity index (χ0v) is 17.0. The van der Waals surface area contributed by atoms with Crippen molar-refractivity contribution in [1.82, 2.24) is 10.7 Å². The lowest BCUT2D eigenvalue weighted by molar-refractivity contribution is -0.139. The molecule has 0 aliphatic carbocycles. The van der Waals surface area contributed by atoms with E-state index < -0.39 is 11.8 Å². The summed E-state index contributed by atoms with van der Waals surface area (Å²) in [5, 5.41) is 10.3. The van der Waals surface area contributed by atoms with Gasteiger partial charge in [0.05, 0.1) is 6.21 Å². The first-order valence-corrected chi connectivity index (χ1v) is 9.47. The van der Waals surface area contributed by atoms with Gasteiger partial charge in [-0.15, -0.1) is 0 Å².